The number of rotatable bonds is 2. The number of carbonyl (C=O) groups is 3. The van der Waals surface area contributed by atoms with E-state index in [4.69, 9.17) is 0 Å². The van der Waals surface area contributed by atoms with Crippen molar-refractivity contribution in [2.75, 3.05) is 4.90 Å². The van der Waals surface area contributed by atoms with Crippen LogP contribution in [0, 0.1) is 23.2 Å². The Balaban J connectivity index is 1.79. The first-order chi connectivity index (χ1) is 10.4. The zero-order chi connectivity index (χ0) is 15.6. The fourth-order valence-electron chi connectivity index (χ4n) is 4.32. The third kappa shape index (κ3) is 1.41. The van der Waals surface area contributed by atoms with Crippen molar-refractivity contribution in [1.29, 1.82) is 0 Å². The molecule has 0 aromatic heterocycles. The third-order valence-electron chi connectivity index (χ3n) is 5.45. The molecule has 0 N–H and O–H groups in total. The summed E-state index contributed by atoms with van der Waals surface area (Å²) >= 11 is 0. The lowest BCUT2D eigenvalue weighted by molar-refractivity contribution is -0.255. The standard InChI is InChI=1S/C17H15NO4/c1-17-11-6-5-9(7-11)13(17)14(19)18(16(17)22)12-4-2-3-10(8-12)15(20)21/h2-6,8-9,11,13H,7H2,1H3,(H,20,21)/p-1/t9-,11+,13-,17-/m1/s1. The molecule has 5 heteroatoms. The number of anilines is 1. The van der Waals surface area contributed by atoms with Crippen LogP contribution in [0.5, 0.6) is 0 Å². The molecule has 3 aliphatic rings. The average Bonchev–Trinajstić information content (AvgIpc) is 3.12. The molecule has 112 valence electrons. The van der Waals surface area contributed by atoms with Gasteiger partial charge in [-0.2, -0.15) is 0 Å². The van der Waals surface area contributed by atoms with Crippen molar-refractivity contribution < 1.29 is 19.5 Å². The van der Waals surface area contributed by atoms with Crippen LogP contribution in [0.25, 0.3) is 0 Å². The Morgan fingerprint density at radius 1 is 1.32 bits per heavy atom. The number of benzene rings is 1. The van der Waals surface area contributed by atoms with Crippen LogP contribution in [0.4, 0.5) is 5.69 Å². The summed E-state index contributed by atoms with van der Waals surface area (Å²) in [7, 11) is 0. The number of carbonyl (C=O) groups excluding carboxylic acids is 3. The maximum atomic E-state index is 12.9. The highest BCUT2D eigenvalue weighted by Gasteiger charge is 2.67. The van der Waals surface area contributed by atoms with E-state index in [1.165, 1.54) is 18.2 Å². The van der Waals surface area contributed by atoms with Crippen molar-refractivity contribution in [2.45, 2.75) is 13.3 Å². The van der Waals surface area contributed by atoms with Crippen LogP contribution < -0.4 is 10.0 Å². The van der Waals surface area contributed by atoms with Crippen LogP contribution in [0.15, 0.2) is 36.4 Å². The van der Waals surface area contributed by atoms with Gasteiger partial charge in [-0.3, -0.25) is 9.59 Å². The van der Waals surface area contributed by atoms with Crippen molar-refractivity contribution >= 4 is 23.5 Å². The van der Waals surface area contributed by atoms with Gasteiger partial charge in [-0.05, 0) is 42.9 Å². The quantitative estimate of drug-likeness (QED) is 0.596. The normalized spacial score (nSPS) is 35.3. The molecule has 1 aromatic rings. The number of carboxylic acid groups (broad SMARTS) is 1. The van der Waals surface area contributed by atoms with Crippen LogP contribution >= 0.6 is 0 Å². The lowest BCUT2D eigenvalue weighted by Crippen LogP contribution is -2.37. The summed E-state index contributed by atoms with van der Waals surface area (Å²) in [5.74, 6) is -1.90. The van der Waals surface area contributed by atoms with Gasteiger partial charge >= 0.3 is 0 Å². The molecule has 22 heavy (non-hydrogen) atoms. The summed E-state index contributed by atoms with van der Waals surface area (Å²) in [4.78, 5) is 37.8. The van der Waals surface area contributed by atoms with E-state index in [1.807, 2.05) is 19.1 Å². The minimum atomic E-state index is -1.32. The predicted octanol–water partition coefficient (Wildman–Crippen LogP) is 0.752. The number of nitrogens with zero attached hydrogens (tertiary/aromatic N) is 1. The molecular weight excluding hydrogens is 282 g/mol. The predicted molar refractivity (Wildman–Crippen MR) is 75.6 cm³/mol. The molecular formula is C17H14NO4-. The number of amides is 2. The van der Waals surface area contributed by atoms with E-state index >= 15 is 0 Å². The maximum absolute atomic E-state index is 12.9. The Labute approximate surface area is 127 Å². The second-order valence-corrected chi connectivity index (χ2v) is 6.47. The van der Waals surface area contributed by atoms with E-state index in [0.717, 1.165) is 11.3 Å². The highest BCUT2D eigenvalue weighted by atomic mass is 16.4. The number of aromatic carboxylic acids is 1. The third-order valence-corrected chi connectivity index (χ3v) is 5.45. The molecule has 4 atom stereocenters. The first kappa shape index (κ1) is 13.2. The number of hydrogen-bond acceptors (Lipinski definition) is 4. The largest absolute Gasteiger partial charge is 0.545 e. The van der Waals surface area contributed by atoms with Gasteiger partial charge in [-0.15, -0.1) is 0 Å². The Hall–Kier alpha value is -2.43. The molecule has 2 fully saturated rings. The van der Waals surface area contributed by atoms with Gasteiger partial charge in [0.1, 0.15) is 0 Å². The molecule has 4 rings (SSSR count). The van der Waals surface area contributed by atoms with Crippen molar-refractivity contribution in [3.63, 3.8) is 0 Å². The van der Waals surface area contributed by atoms with E-state index in [1.54, 1.807) is 6.07 Å². The van der Waals surface area contributed by atoms with Crippen molar-refractivity contribution in [1.82, 2.24) is 0 Å². The number of fused-ring (bicyclic) bond motifs is 5. The lowest BCUT2D eigenvalue weighted by atomic mass is 9.71. The summed E-state index contributed by atoms with van der Waals surface area (Å²) in [6.07, 6.45) is 4.92. The average molecular weight is 296 g/mol. The minimum absolute atomic E-state index is 0.0404. The van der Waals surface area contributed by atoms with Crippen molar-refractivity contribution in [3.8, 4) is 0 Å². The van der Waals surface area contributed by atoms with Crippen molar-refractivity contribution in [2.24, 2.45) is 23.2 Å². The molecule has 1 aliphatic heterocycles. The molecule has 2 aliphatic carbocycles. The summed E-state index contributed by atoms with van der Waals surface area (Å²) in [6.45, 7) is 1.86. The molecule has 1 heterocycles. The lowest BCUT2D eigenvalue weighted by Gasteiger charge is -2.28. The van der Waals surface area contributed by atoms with Gasteiger partial charge in [0.15, 0.2) is 0 Å². The van der Waals surface area contributed by atoms with E-state index in [9.17, 15) is 19.5 Å². The van der Waals surface area contributed by atoms with Gasteiger partial charge in [-0.25, -0.2) is 4.90 Å². The Kier molecular flexibility index (Phi) is 2.45. The Morgan fingerprint density at radius 3 is 2.77 bits per heavy atom. The van der Waals surface area contributed by atoms with Gasteiger partial charge in [0.2, 0.25) is 11.8 Å². The fourth-order valence-corrected chi connectivity index (χ4v) is 4.32. The van der Waals surface area contributed by atoms with E-state index in [2.05, 4.69) is 0 Å². The topological polar surface area (TPSA) is 77.5 Å². The van der Waals surface area contributed by atoms with Crippen LogP contribution in [-0.4, -0.2) is 17.8 Å². The molecule has 5 nitrogen and oxygen atoms in total. The van der Waals surface area contributed by atoms with Gasteiger partial charge in [0, 0.05) is 0 Å². The van der Waals surface area contributed by atoms with Crippen LogP contribution in [0.3, 0.4) is 0 Å². The molecule has 2 amide bonds. The molecule has 1 aromatic carbocycles. The molecule has 0 radical (unpaired) electrons. The van der Waals surface area contributed by atoms with Gasteiger partial charge in [0.25, 0.3) is 0 Å². The minimum Gasteiger partial charge on any atom is -0.545 e. The zero-order valence-corrected chi connectivity index (χ0v) is 12.0. The summed E-state index contributed by atoms with van der Waals surface area (Å²) in [5, 5.41) is 11.0. The maximum Gasteiger partial charge on any atom is 0.241 e. The van der Waals surface area contributed by atoms with Gasteiger partial charge in [-0.1, -0.05) is 24.3 Å². The van der Waals surface area contributed by atoms with E-state index < -0.39 is 11.4 Å². The molecule has 0 unspecified atom stereocenters. The number of hydrogen-bond donors (Lipinski definition) is 0. The summed E-state index contributed by atoms with van der Waals surface area (Å²) in [6, 6.07) is 5.81. The second kappa shape index (κ2) is 4.06. The smallest absolute Gasteiger partial charge is 0.241 e. The first-order valence-electron chi connectivity index (χ1n) is 7.32. The highest BCUT2D eigenvalue weighted by Crippen LogP contribution is 2.60. The van der Waals surface area contributed by atoms with Gasteiger partial charge in [0.05, 0.1) is 23.0 Å². The molecule has 1 saturated heterocycles. The van der Waals surface area contributed by atoms with Crippen LogP contribution in [0.1, 0.15) is 23.7 Å². The zero-order valence-electron chi connectivity index (χ0n) is 12.0. The van der Waals surface area contributed by atoms with Gasteiger partial charge < -0.3 is 9.90 Å². The molecule has 0 spiro atoms. The highest BCUT2D eigenvalue weighted by molar-refractivity contribution is 6.24. The Morgan fingerprint density at radius 2 is 2.09 bits per heavy atom. The van der Waals surface area contributed by atoms with E-state index in [0.29, 0.717) is 5.69 Å². The summed E-state index contributed by atoms with van der Waals surface area (Å²) < 4.78 is 0. The SMILES string of the molecule is C[C@]12C(=O)N(c3cccc(C(=O)[O-])c3)C(=O)[C@H]1[C@@H]1C=C[C@H]2C1. The number of allylic oxidation sites excluding steroid dienone is 2. The molecule has 2 bridgehead atoms. The van der Waals surface area contributed by atoms with E-state index in [-0.39, 0.29) is 35.1 Å². The number of imide groups is 1. The number of carboxylic acids is 1. The van der Waals surface area contributed by atoms with Crippen molar-refractivity contribution in [3.05, 3.63) is 42.0 Å². The Bertz CT molecular complexity index is 753. The monoisotopic (exact) mass is 296 g/mol. The van der Waals surface area contributed by atoms with Crippen LogP contribution in [-0.2, 0) is 9.59 Å². The summed E-state index contributed by atoms with van der Waals surface area (Å²) in [5.41, 5.74) is -0.429. The van der Waals surface area contributed by atoms with Crippen LogP contribution in [0.2, 0.25) is 0 Å². The fraction of sp³-hybridized carbons (Fsp3) is 0.353. The second-order valence-electron chi connectivity index (χ2n) is 6.47. The first-order valence-corrected chi connectivity index (χ1v) is 7.32. The molecule has 1 saturated carbocycles.